The highest BCUT2D eigenvalue weighted by molar-refractivity contribution is 8.13. The first-order valence-corrected chi connectivity index (χ1v) is 7.14. The Kier molecular flexibility index (Phi) is 4.07. The highest BCUT2D eigenvalue weighted by Gasteiger charge is 2.06. The van der Waals surface area contributed by atoms with Crippen molar-refractivity contribution in [2.24, 2.45) is 4.99 Å². The van der Waals surface area contributed by atoms with Gasteiger partial charge in [0.1, 0.15) is 5.82 Å². The Bertz CT molecular complexity index is 651. The fourth-order valence-electron chi connectivity index (χ4n) is 1.65. The summed E-state index contributed by atoms with van der Waals surface area (Å²) in [6.07, 6.45) is 3.74. The van der Waals surface area contributed by atoms with Gasteiger partial charge in [0, 0.05) is 5.92 Å². The molecular formula is C13H15N5S. The fraction of sp³-hybridized carbons (Fsp3) is 0.308. The summed E-state index contributed by atoms with van der Waals surface area (Å²) in [6, 6.07) is 5.76. The van der Waals surface area contributed by atoms with Crippen LogP contribution in [0.1, 0.15) is 25.6 Å². The van der Waals surface area contributed by atoms with Gasteiger partial charge < -0.3 is 4.98 Å². The van der Waals surface area contributed by atoms with Crippen LogP contribution in [0.2, 0.25) is 0 Å². The molecule has 2 rings (SSSR count). The van der Waals surface area contributed by atoms with Gasteiger partial charge in [-0.3, -0.25) is 5.32 Å². The van der Waals surface area contributed by atoms with Gasteiger partial charge in [0.05, 0.1) is 16.7 Å². The third-order valence-corrected chi connectivity index (χ3v) is 3.20. The van der Waals surface area contributed by atoms with E-state index in [1.165, 1.54) is 11.8 Å². The molecule has 0 aliphatic heterocycles. The highest BCUT2D eigenvalue weighted by atomic mass is 32.2. The van der Waals surface area contributed by atoms with Gasteiger partial charge in [-0.25, -0.2) is 9.98 Å². The molecule has 0 fully saturated rings. The first-order valence-electron chi connectivity index (χ1n) is 5.91. The van der Waals surface area contributed by atoms with Gasteiger partial charge in [-0.05, 0) is 24.5 Å². The number of nitrogens with one attached hydrogen (secondary N) is 2. The second-order valence-corrected chi connectivity index (χ2v) is 5.13. The average molecular weight is 273 g/mol. The van der Waals surface area contributed by atoms with Gasteiger partial charge >= 0.3 is 0 Å². The van der Waals surface area contributed by atoms with Crippen molar-refractivity contribution >= 4 is 33.7 Å². The summed E-state index contributed by atoms with van der Waals surface area (Å²) in [5.74, 6) is 1.33. The molecule has 0 spiro atoms. The molecule has 2 N–H and O–H groups in total. The van der Waals surface area contributed by atoms with E-state index in [9.17, 15) is 0 Å². The number of thioether (sulfide) groups is 1. The van der Waals surface area contributed by atoms with Crippen LogP contribution in [0.4, 0.5) is 5.69 Å². The maximum absolute atomic E-state index is 8.61. The number of aromatic nitrogens is 2. The quantitative estimate of drug-likeness (QED) is 0.381. The van der Waals surface area contributed by atoms with Crippen LogP contribution in [0, 0.1) is 11.5 Å². The minimum absolute atomic E-state index is 0.362. The Morgan fingerprint density at radius 2 is 2.32 bits per heavy atom. The molecule has 1 aromatic heterocycles. The Morgan fingerprint density at radius 1 is 1.53 bits per heavy atom. The van der Waals surface area contributed by atoms with E-state index in [0.717, 1.165) is 22.5 Å². The number of aliphatic imine (C=N–C) groups is 1. The standard InChI is InChI=1S/C13H15N5S/c1-8(2)12-17-10-5-4-9(6-11(10)18-12)16-13(19-3)15-7-14/h4-6,8H,1-3H3,(H,15,16)(H,17,18). The number of hydrogen-bond donors (Lipinski definition) is 2. The van der Waals surface area contributed by atoms with Crippen molar-refractivity contribution in [3.8, 4) is 6.19 Å². The third kappa shape index (κ3) is 3.06. The Balaban J connectivity index is 2.38. The predicted molar refractivity (Wildman–Crippen MR) is 79.5 cm³/mol. The summed E-state index contributed by atoms with van der Waals surface area (Å²) in [7, 11) is 0. The lowest BCUT2D eigenvalue weighted by Gasteiger charge is -1.99. The number of amidine groups is 1. The summed E-state index contributed by atoms with van der Waals surface area (Å²) in [5, 5.41) is 11.7. The molecule has 0 saturated carbocycles. The zero-order valence-electron chi connectivity index (χ0n) is 11.1. The van der Waals surface area contributed by atoms with Crippen molar-refractivity contribution in [1.29, 1.82) is 5.26 Å². The van der Waals surface area contributed by atoms with Gasteiger partial charge in [-0.2, -0.15) is 5.26 Å². The number of rotatable bonds is 2. The number of imidazole rings is 1. The molecule has 0 bridgehead atoms. The molecule has 98 valence electrons. The number of nitriles is 1. The summed E-state index contributed by atoms with van der Waals surface area (Å²) in [6.45, 7) is 4.19. The molecule has 2 aromatic rings. The zero-order chi connectivity index (χ0) is 13.8. The monoisotopic (exact) mass is 273 g/mol. The first kappa shape index (κ1) is 13.4. The van der Waals surface area contributed by atoms with Gasteiger partial charge in [0.15, 0.2) is 11.4 Å². The molecular weight excluding hydrogens is 258 g/mol. The number of aromatic amines is 1. The second kappa shape index (κ2) is 5.76. The number of fused-ring (bicyclic) bond motifs is 1. The second-order valence-electron chi connectivity index (χ2n) is 4.34. The Morgan fingerprint density at radius 3 is 2.95 bits per heavy atom. The molecule has 6 heteroatoms. The van der Waals surface area contributed by atoms with Crippen molar-refractivity contribution in [2.45, 2.75) is 19.8 Å². The lowest BCUT2D eigenvalue weighted by Crippen LogP contribution is -2.12. The number of H-pyrrole nitrogens is 1. The number of benzene rings is 1. The minimum atomic E-state index is 0.362. The van der Waals surface area contributed by atoms with Crippen molar-refractivity contribution in [2.75, 3.05) is 6.26 Å². The minimum Gasteiger partial charge on any atom is -0.342 e. The average Bonchev–Trinajstić information content (AvgIpc) is 2.81. The van der Waals surface area contributed by atoms with Gasteiger partial charge in [0.25, 0.3) is 0 Å². The molecule has 0 unspecified atom stereocenters. The van der Waals surface area contributed by atoms with Crippen LogP contribution in [0.15, 0.2) is 23.2 Å². The smallest absolute Gasteiger partial charge is 0.183 e. The first-order chi connectivity index (χ1) is 9.13. The van der Waals surface area contributed by atoms with E-state index < -0.39 is 0 Å². The highest BCUT2D eigenvalue weighted by Crippen LogP contribution is 2.22. The van der Waals surface area contributed by atoms with E-state index in [0.29, 0.717) is 11.1 Å². The van der Waals surface area contributed by atoms with Crippen LogP contribution in [-0.2, 0) is 0 Å². The molecule has 0 amide bonds. The van der Waals surface area contributed by atoms with Crippen LogP contribution in [0.25, 0.3) is 11.0 Å². The number of nitrogens with zero attached hydrogens (tertiary/aromatic N) is 3. The maximum atomic E-state index is 8.61. The SMILES string of the molecule is CSC(=Nc1ccc2nc(C(C)C)[nH]c2c1)NC#N. The van der Waals surface area contributed by atoms with Crippen molar-refractivity contribution < 1.29 is 0 Å². The van der Waals surface area contributed by atoms with E-state index in [-0.39, 0.29) is 0 Å². The summed E-state index contributed by atoms with van der Waals surface area (Å²) in [4.78, 5) is 12.2. The van der Waals surface area contributed by atoms with Crippen LogP contribution in [-0.4, -0.2) is 21.4 Å². The molecule has 1 aromatic carbocycles. The molecule has 0 aliphatic rings. The van der Waals surface area contributed by atoms with Crippen molar-refractivity contribution in [1.82, 2.24) is 15.3 Å². The predicted octanol–water partition coefficient (Wildman–Crippen LogP) is 3.11. The van der Waals surface area contributed by atoms with E-state index >= 15 is 0 Å². The normalized spacial score (nSPS) is 11.8. The molecule has 0 radical (unpaired) electrons. The van der Waals surface area contributed by atoms with E-state index in [2.05, 4.69) is 34.1 Å². The van der Waals surface area contributed by atoms with E-state index in [4.69, 9.17) is 5.26 Å². The zero-order valence-corrected chi connectivity index (χ0v) is 11.9. The van der Waals surface area contributed by atoms with E-state index in [1.54, 1.807) is 0 Å². The molecule has 0 saturated heterocycles. The Hall–Kier alpha value is -2.00. The molecule has 1 heterocycles. The van der Waals surface area contributed by atoms with Crippen LogP contribution in [0.3, 0.4) is 0 Å². The lowest BCUT2D eigenvalue weighted by molar-refractivity contribution is 0.799. The van der Waals surface area contributed by atoms with Crippen LogP contribution in [0.5, 0.6) is 0 Å². The third-order valence-electron chi connectivity index (χ3n) is 2.62. The maximum Gasteiger partial charge on any atom is 0.183 e. The van der Waals surface area contributed by atoms with Gasteiger partial charge in [-0.1, -0.05) is 25.6 Å². The largest absolute Gasteiger partial charge is 0.342 e. The van der Waals surface area contributed by atoms with Crippen molar-refractivity contribution in [3.63, 3.8) is 0 Å². The van der Waals surface area contributed by atoms with Crippen molar-refractivity contribution in [3.05, 3.63) is 24.0 Å². The molecule has 19 heavy (non-hydrogen) atoms. The Labute approximate surface area is 116 Å². The summed E-state index contributed by atoms with van der Waals surface area (Å²) < 4.78 is 0. The lowest BCUT2D eigenvalue weighted by atomic mass is 10.2. The van der Waals surface area contributed by atoms with E-state index in [1.807, 2.05) is 30.6 Å². The molecule has 0 atom stereocenters. The fourth-order valence-corrected chi connectivity index (χ4v) is 1.99. The van der Waals surface area contributed by atoms with Gasteiger partial charge in [-0.15, -0.1) is 0 Å². The molecule has 5 nitrogen and oxygen atoms in total. The number of hydrogen-bond acceptors (Lipinski definition) is 4. The summed E-state index contributed by atoms with van der Waals surface area (Å²) in [5.41, 5.74) is 2.68. The molecule has 0 aliphatic carbocycles. The van der Waals surface area contributed by atoms with Crippen LogP contribution >= 0.6 is 11.8 Å². The topological polar surface area (TPSA) is 76.9 Å². The van der Waals surface area contributed by atoms with Crippen LogP contribution < -0.4 is 5.32 Å². The summed E-state index contributed by atoms with van der Waals surface area (Å²) >= 11 is 1.40. The van der Waals surface area contributed by atoms with Gasteiger partial charge in [0.2, 0.25) is 0 Å².